The molecule has 1 aliphatic heterocycles. The predicted octanol–water partition coefficient (Wildman–Crippen LogP) is 1.70. The zero-order valence-corrected chi connectivity index (χ0v) is 10.6. The van der Waals surface area contributed by atoms with Gasteiger partial charge in [0.1, 0.15) is 0 Å². The molecule has 0 spiro atoms. The standard InChI is InChI=1S/C14H14N2OS/c15-14(16)10-6-3-5-9-12(17)8-4-1-2-7-11(8)18-13(9)10/h1-7,9,13-14H,15-16H2. The molecule has 0 amide bonds. The van der Waals surface area contributed by atoms with Gasteiger partial charge < -0.3 is 11.5 Å². The molecule has 1 aromatic rings. The lowest BCUT2D eigenvalue weighted by molar-refractivity contribution is 0.0940. The van der Waals surface area contributed by atoms with E-state index in [1.165, 1.54) is 0 Å². The van der Waals surface area contributed by atoms with E-state index in [2.05, 4.69) is 0 Å². The van der Waals surface area contributed by atoms with Gasteiger partial charge in [0.25, 0.3) is 0 Å². The number of thioether (sulfide) groups is 1. The first-order valence-corrected chi connectivity index (χ1v) is 6.76. The molecule has 3 rings (SSSR count). The summed E-state index contributed by atoms with van der Waals surface area (Å²) >= 11 is 1.68. The van der Waals surface area contributed by atoms with Gasteiger partial charge in [0.15, 0.2) is 5.78 Å². The van der Waals surface area contributed by atoms with Crippen molar-refractivity contribution < 1.29 is 4.79 Å². The van der Waals surface area contributed by atoms with Crippen molar-refractivity contribution in [1.29, 1.82) is 0 Å². The number of fused-ring (bicyclic) bond motifs is 2. The van der Waals surface area contributed by atoms with Crippen molar-refractivity contribution in [1.82, 2.24) is 0 Å². The summed E-state index contributed by atoms with van der Waals surface area (Å²) in [5.41, 5.74) is 13.3. The molecular weight excluding hydrogens is 244 g/mol. The molecule has 2 aliphatic rings. The Morgan fingerprint density at radius 1 is 1.22 bits per heavy atom. The molecular formula is C14H14N2OS. The number of Topliss-reactive ketones (excluding diaryl/α,β-unsaturated/α-hetero) is 1. The zero-order valence-electron chi connectivity index (χ0n) is 9.74. The topological polar surface area (TPSA) is 69.1 Å². The highest BCUT2D eigenvalue weighted by molar-refractivity contribution is 8.00. The number of benzene rings is 1. The summed E-state index contributed by atoms with van der Waals surface area (Å²) in [7, 11) is 0. The van der Waals surface area contributed by atoms with E-state index in [4.69, 9.17) is 11.5 Å². The van der Waals surface area contributed by atoms with E-state index < -0.39 is 6.17 Å². The number of ketones is 1. The first-order valence-electron chi connectivity index (χ1n) is 5.88. The molecule has 0 radical (unpaired) electrons. The van der Waals surface area contributed by atoms with E-state index >= 15 is 0 Å². The van der Waals surface area contributed by atoms with Gasteiger partial charge >= 0.3 is 0 Å². The molecule has 2 atom stereocenters. The summed E-state index contributed by atoms with van der Waals surface area (Å²) in [4.78, 5) is 13.5. The van der Waals surface area contributed by atoms with Gasteiger partial charge in [-0.3, -0.25) is 4.79 Å². The van der Waals surface area contributed by atoms with Crippen LogP contribution in [0.3, 0.4) is 0 Å². The van der Waals surface area contributed by atoms with Crippen LogP contribution < -0.4 is 11.5 Å². The summed E-state index contributed by atoms with van der Waals surface area (Å²) in [5.74, 6) is 0.0244. The number of hydrogen-bond acceptors (Lipinski definition) is 4. The zero-order chi connectivity index (χ0) is 12.7. The van der Waals surface area contributed by atoms with Crippen molar-refractivity contribution in [2.75, 3.05) is 0 Å². The number of hydrogen-bond donors (Lipinski definition) is 2. The highest BCUT2D eigenvalue weighted by Crippen LogP contribution is 2.43. The third kappa shape index (κ3) is 1.73. The van der Waals surface area contributed by atoms with Gasteiger partial charge in [-0.15, -0.1) is 11.8 Å². The fourth-order valence-electron chi connectivity index (χ4n) is 2.45. The van der Waals surface area contributed by atoms with E-state index in [1.54, 1.807) is 11.8 Å². The Morgan fingerprint density at radius 3 is 2.78 bits per heavy atom. The minimum Gasteiger partial charge on any atom is -0.313 e. The summed E-state index contributed by atoms with van der Waals surface area (Å²) in [6.07, 6.45) is 5.25. The first kappa shape index (κ1) is 11.7. The molecule has 92 valence electrons. The van der Waals surface area contributed by atoms with Crippen molar-refractivity contribution in [2.24, 2.45) is 17.4 Å². The molecule has 0 aromatic heterocycles. The van der Waals surface area contributed by atoms with Gasteiger partial charge in [0.2, 0.25) is 0 Å². The molecule has 0 fully saturated rings. The van der Waals surface area contributed by atoms with Crippen LogP contribution in [-0.4, -0.2) is 17.2 Å². The maximum atomic E-state index is 12.4. The number of allylic oxidation sites excluding steroid dienone is 3. The van der Waals surface area contributed by atoms with Gasteiger partial charge in [-0.2, -0.15) is 0 Å². The third-order valence-corrected chi connectivity index (χ3v) is 4.79. The number of nitrogens with two attached hydrogens (primary N) is 2. The second-order valence-corrected chi connectivity index (χ2v) is 5.69. The van der Waals surface area contributed by atoms with Gasteiger partial charge in [0, 0.05) is 15.7 Å². The van der Waals surface area contributed by atoms with Crippen molar-refractivity contribution in [2.45, 2.75) is 16.3 Å². The molecule has 1 heterocycles. The van der Waals surface area contributed by atoms with Crippen LogP contribution in [0.2, 0.25) is 0 Å². The fraction of sp³-hybridized carbons (Fsp3) is 0.214. The molecule has 0 saturated heterocycles. The van der Waals surface area contributed by atoms with Gasteiger partial charge in [-0.25, -0.2) is 0 Å². The van der Waals surface area contributed by atoms with E-state index in [1.807, 2.05) is 42.5 Å². The average Bonchev–Trinajstić information content (AvgIpc) is 2.38. The Balaban J connectivity index is 2.06. The van der Waals surface area contributed by atoms with Crippen LogP contribution in [0.4, 0.5) is 0 Å². The highest BCUT2D eigenvalue weighted by Gasteiger charge is 2.38. The molecule has 3 nitrogen and oxygen atoms in total. The maximum Gasteiger partial charge on any atom is 0.172 e. The predicted molar refractivity (Wildman–Crippen MR) is 73.3 cm³/mol. The van der Waals surface area contributed by atoms with Crippen LogP contribution in [0.1, 0.15) is 10.4 Å². The minimum absolute atomic E-state index is 0.0393. The molecule has 1 aliphatic carbocycles. The van der Waals surface area contributed by atoms with Gasteiger partial charge in [-0.1, -0.05) is 36.4 Å². The molecule has 2 unspecified atom stereocenters. The van der Waals surface area contributed by atoms with Gasteiger partial charge in [0.05, 0.1) is 12.1 Å². The van der Waals surface area contributed by atoms with E-state index in [0.29, 0.717) is 0 Å². The van der Waals surface area contributed by atoms with Crippen LogP contribution in [0, 0.1) is 5.92 Å². The van der Waals surface area contributed by atoms with Crippen molar-refractivity contribution in [3.63, 3.8) is 0 Å². The fourth-order valence-corrected chi connectivity index (χ4v) is 3.90. The second-order valence-electron chi connectivity index (χ2n) is 4.50. The summed E-state index contributed by atoms with van der Waals surface area (Å²) in [5, 5.41) is 0.0393. The Hall–Kier alpha value is -1.36. The van der Waals surface area contributed by atoms with E-state index in [0.717, 1.165) is 16.0 Å². The van der Waals surface area contributed by atoms with Crippen LogP contribution >= 0.6 is 11.8 Å². The third-order valence-electron chi connectivity index (χ3n) is 3.36. The summed E-state index contributed by atoms with van der Waals surface area (Å²) in [6.45, 7) is 0. The van der Waals surface area contributed by atoms with Crippen LogP contribution in [0.5, 0.6) is 0 Å². The van der Waals surface area contributed by atoms with Crippen molar-refractivity contribution in [3.8, 4) is 0 Å². The Labute approximate surface area is 110 Å². The van der Waals surface area contributed by atoms with E-state index in [-0.39, 0.29) is 17.0 Å². The normalized spacial score (nSPS) is 25.7. The van der Waals surface area contributed by atoms with Crippen molar-refractivity contribution >= 4 is 17.5 Å². The molecule has 0 saturated carbocycles. The lowest BCUT2D eigenvalue weighted by Crippen LogP contribution is -2.42. The number of rotatable bonds is 1. The van der Waals surface area contributed by atoms with Gasteiger partial charge in [-0.05, 0) is 11.6 Å². The minimum atomic E-state index is -0.506. The number of carbonyl (C=O) groups excluding carboxylic acids is 1. The summed E-state index contributed by atoms with van der Waals surface area (Å²) < 4.78 is 0. The molecule has 4 N–H and O–H groups in total. The van der Waals surface area contributed by atoms with Crippen LogP contribution in [0.15, 0.2) is 53.0 Å². The Bertz CT molecular complexity index is 563. The SMILES string of the molecule is NC(N)C1=CC=CC2C(=O)c3ccccc3SC12. The molecule has 4 heteroatoms. The first-order chi connectivity index (χ1) is 8.68. The monoisotopic (exact) mass is 258 g/mol. The lowest BCUT2D eigenvalue weighted by Gasteiger charge is -2.34. The van der Waals surface area contributed by atoms with Crippen molar-refractivity contribution in [3.05, 3.63) is 53.6 Å². The quantitative estimate of drug-likeness (QED) is 0.752. The molecule has 18 heavy (non-hydrogen) atoms. The Morgan fingerprint density at radius 2 is 2.00 bits per heavy atom. The highest BCUT2D eigenvalue weighted by atomic mass is 32.2. The molecule has 1 aromatic carbocycles. The van der Waals surface area contributed by atoms with Crippen LogP contribution in [-0.2, 0) is 0 Å². The average molecular weight is 258 g/mol. The summed E-state index contributed by atoms with van der Waals surface area (Å²) in [6, 6.07) is 7.71. The smallest absolute Gasteiger partial charge is 0.172 e. The maximum absolute atomic E-state index is 12.4. The Kier molecular flexibility index (Phi) is 2.86. The second kappa shape index (κ2) is 4.39. The molecule has 0 bridgehead atoms. The van der Waals surface area contributed by atoms with Crippen LogP contribution in [0.25, 0.3) is 0 Å². The lowest BCUT2D eigenvalue weighted by atomic mass is 9.86. The largest absolute Gasteiger partial charge is 0.313 e. The number of carbonyl (C=O) groups is 1. The van der Waals surface area contributed by atoms with E-state index in [9.17, 15) is 4.79 Å².